The maximum atomic E-state index is 12.4. The Morgan fingerprint density at radius 2 is 2.23 bits per heavy atom. The van der Waals surface area contributed by atoms with Crippen molar-refractivity contribution in [2.45, 2.75) is 17.9 Å². The molecule has 1 aliphatic heterocycles. The summed E-state index contributed by atoms with van der Waals surface area (Å²) in [4.78, 5) is 16.0. The van der Waals surface area contributed by atoms with Gasteiger partial charge in [-0.05, 0) is 25.0 Å². The van der Waals surface area contributed by atoms with Gasteiger partial charge in [-0.15, -0.1) is 0 Å². The van der Waals surface area contributed by atoms with E-state index in [1.807, 2.05) is 4.72 Å². The lowest BCUT2D eigenvalue weighted by Gasteiger charge is -2.13. The van der Waals surface area contributed by atoms with Gasteiger partial charge in [-0.2, -0.15) is 8.42 Å². The molecule has 2 aromatic heterocycles. The van der Waals surface area contributed by atoms with Crippen LogP contribution in [0.4, 0.5) is 0 Å². The van der Waals surface area contributed by atoms with Crippen LogP contribution < -0.4 is 4.72 Å². The van der Waals surface area contributed by atoms with Gasteiger partial charge in [-0.25, -0.2) is 9.71 Å². The molecule has 0 spiro atoms. The summed E-state index contributed by atoms with van der Waals surface area (Å²) in [7, 11) is -4.15. The zero-order valence-corrected chi connectivity index (χ0v) is 12.9. The van der Waals surface area contributed by atoms with Gasteiger partial charge < -0.3 is 4.74 Å². The molecule has 1 aliphatic rings. The molecule has 0 radical (unpaired) electrons. The first-order valence-electron chi connectivity index (χ1n) is 6.49. The first kappa shape index (κ1) is 14.9. The van der Waals surface area contributed by atoms with Crippen molar-refractivity contribution in [3.05, 3.63) is 41.4 Å². The Morgan fingerprint density at radius 3 is 2.95 bits per heavy atom. The summed E-state index contributed by atoms with van der Waals surface area (Å²) < 4.78 is 33.2. The molecular formula is C13H12ClN3O4S. The highest BCUT2D eigenvalue weighted by molar-refractivity contribution is 7.90. The van der Waals surface area contributed by atoms with Gasteiger partial charge in [0.05, 0.1) is 18.4 Å². The summed E-state index contributed by atoms with van der Waals surface area (Å²) in [5, 5.41) is -0.462. The second-order valence-electron chi connectivity index (χ2n) is 4.69. The molecule has 0 aromatic carbocycles. The third-order valence-electron chi connectivity index (χ3n) is 3.15. The quantitative estimate of drug-likeness (QED) is 0.913. The van der Waals surface area contributed by atoms with E-state index in [0.717, 1.165) is 0 Å². The summed E-state index contributed by atoms with van der Waals surface area (Å²) in [6.07, 6.45) is 3.92. The molecule has 116 valence electrons. The lowest BCUT2D eigenvalue weighted by molar-refractivity contribution is -0.116. The summed E-state index contributed by atoms with van der Waals surface area (Å²) in [5.74, 6) is -0.721. The fourth-order valence-corrected chi connectivity index (χ4v) is 3.79. The molecule has 7 nitrogen and oxygen atoms in total. The summed E-state index contributed by atoms with van der Waals surface area (Å²) in [5.41, 5.74) is 0.653. The number of nitrogens with one attached hydrogen (secondary N) is 1. The molecule has 0 unspecified atom stereocenters. The minimum absolute atomic E-state index is 0.194. The monoisotopic (exact) mass is 341 g/mol. The molecule has 22 heavy (non-hydrogen) atoms. The number of hydrogen-bond donors (Lipinski definition) is 1. The fraction of sp³-hybridized carbons (Fsp3) is 0.231. The number of imidazole rings is 1. The maximum absolute atomic E-state index is 12.4. The number of rotatable bonds is 3. The Labute approximate surface area is 131 Å². The molecule has 1 amide bonds. The van der Waals surface area contributed by atoms with E-state index in [9.17, 15) is 13.2 Å². The molecule has 0 aliphatic carbocycles. The number of amides is 1. The molecule has 2 aromatic rings. The van der Waals surface area contributed by atoms with Crippen LogP contribution in [0.15, 0.2) is 41.3 Å². The van der Waals surface area contributed by atoms with Gasteiger partial charge in [0.25, 0.3) is 15.9 Å². The predicted octanol–water partition coefficient (Wildman–Crippen LogP) is 1.49. The Bertz CT molecular complexity index is 873. The number of hydrogen-bond acceptors (Lipinski definition) is 5. The van der Waals surface area contributed by atoms with Gasteiger partial charge in [0.2, 0.25) is 0 Å². The number of fused-ring (bicyclic) bond motifs is 1. The van der Waals surface area contributed by atoms with Crippen LogP contribution in [0.3, 0.4) is 0 Å². The van der Waals surface area contributed by atoms with Crippen LogP contribution >= 0.6 is 11.6 Å². The van der Waals surface area contributed by atoms with E-state index < -0.39 is 15.9 Å². The van der Waals surface area contributed by atoms with Crippen molar-refractivity contribution in [3.8, 4) is 0 Å². The third kappa shape index (κ3) is 2.67. The highest BCUT2D eigenvalue weighted by atomic mass is 35.5. The molecule has 9 heteroatoms. The second-order valence-corrected chi connectivity index (χ2v) is 6.64. The number of halogens is 1. The molecule has 0 fully saturated rings. The fourth-order valence-electron chi connectivity index (χ4n) is 2.15. The molecule has 0 saturated heterocycles. The number of sulfonamides is 1. The Morgan fingerprint density at radius 1 is 1.41 bits per heavy atom. The zero-order valence-electron chi connectivity index (χ0n) is 11.3. The van der Waals surface area contributed by atoms with E-state index in [4.69, 9.17) is 16.3 Å². The Kier molecular flexibility index (Phi) is 3.79. The van der Waals surface area contributed by atoms with Crippen molar-refractivity contribution >= 4 is 33.2 Å². The lowest BCUT2D eigenvalue weighted by Crippen LogP contribution is -2.33. The van der Waals surface area contributed by atoms with Gasteiger partial charge in [-0.1, -0.05) is 17.7 Å². The minimum atomic E-state index is -4.15. The van der Waals surface area contributed by atoms with Crippen LogP contribution in [0.1, 0.15) is 12.8 Å². The van der Waals surface area contributed by atoms with E-state index in [1.165, 1.54) is 16.9 Å². The van der Waals surface area contributed by atoms with E-state index in [1.54, 1.807) is 18.2 Å². The number of ether oxygens (including phenoxy) is 1. The largest absolute Gasteiger partial charge is 0.501 e. The lowest BCUT2D eigenvalue weighted by atomic mass is 10.1. The van der Waals surface area contributed by atoms with Crippen molar-refractivity contribution in [1.82, 2.24) is 14.1 Å². The predicted molar refractivity (Wildman–Crippen MR) is 78.8 cm³/mol. The highest BCUT2D eigenvalue weighted by Crippen LogP contribution is 2.23. The molecule has 0 saturated carbocycles. The number of carbonyl (C=O) groups is 1. The van der Waals surface area contributed by atoms with Crippen LogP contribution in [-0.4, -0.2) is 30.3 Å². The van der Waals surface area contributed by atoms with Gasteiger partial charge >= 0.3 is 0 Å². The molecule has 0 bridgehead atoms. The van der Waals surface area contributed by atoms with E-state index in [0.29, 0.717) is 25.1 Å². The van der Waals surface area contributed by atoms with Crippen molar-refractivity contribution in [2.75, 3.05) is 6.61 Å². The average molecular weight is 342 g/mol. The van der Waals surface area contributed by atoms with Gasteiger partial charge in [0.1, 0.15) is 5.65 Å². The smallest absolute Gasteiger partial charge is 0.283 e. The standard InChI is InChI=1S/C13H12ClN3O4S/c14-11-13(17-6-2-1-5-10(17)15-11)22(19,20)16-12(18)9-4-3-7-21-8-9/h1-2,5-6,8H,3-4,7H2,(H,16,18). The molecule has 3 heterocycles. The van der Waals surface area contributed by atoms with Crippen molar-refractivity contribution in [2.24, 2.45) is 0 Å². The minimum Gasteiger partial charge on any atom is -0.501 e. The van der Waals surface area contributed by atoms with Crippen LogP contribution in [0.2, 0.25) is 5.15 Å². The van der Waals surface area contributed by atoms with Crippen LogP contribution in [0.25, 0.3) is 5.65 Å². The molecule has 0 atom stereocenters. The van der Waals surface area contributed by atoms with Crippen LogP contribution in [0, 0.1) is 0 Å². The van der Waals surface area contributed by atoms with E-state index in [-0.39, 0.29) is 15.8 Å². The first-order valence-corrected chi connectivity index (χ1v) is 8.35. The SMILES string of the molecule is O=C(NS(=O)(=O)c1c(Cl)nc2ccccn12)C1=COCCC1. The normalized spacial score (nSPS) is 15.2. The number of pyridine rings is 1. The molecule has 1 N–H and O–H groups in total. The Balaban J connectivity index is 1.97. The second kappa shape index (κ2) is 5.62. The zero-order chi connectivity index (χ0) is 15.7. The van der Waals surface area contributed by atoms with E-state index >= 15 is 0 Å². The van der Waals surface area contributed by atoms with Crippen molar-refractivity contribution in [3.63, 3.8) is 0 Å². The number of aromatic nitrogens is 2. The van der Waals surface area contributed by atoms with Crippen molar-refractivity contribution < 1.29 is 17.9 Å². The number of carbonyl (C=O) groups excluding carboxylic acids is 1. The molecule has 3 rings (SSSR count). The van der Waals surface area contributed by atoms with Crippen LogP contribution in [-0.2, 0) is 19.6 Å². The van der Waals surface area contributed by atoms with Crippen LogP contribution in [0.5, 0.6) is 0 Å². The highest BCUT2D eigenvalue weighted by Gasteiger charge is 2.27. The Hall–Kier alpha value is -2.06. The van der Waals surface area contributed by atoms with Gasteiger partial charge in [-0.3, -0.25) is 9.20 Å². The summed E-state index contributed by atoms with van der Waals surface area (Å²) in [6.45, 7) is 0.516. The summed E-state index contributed by atoms with van der Waals surface area (Å²) in [6, 6.07) is 4.96. The topological polar surface area (TPSA) is 89.8 Å². The first-order chi connectivity index (χ1) is 10.5. The number of nitrogens with zero attached hydrogens (tertiary/aromatic N) is 2. The summed E-state index contributed by atoms with van der Waals surface area (Å²) >= 11 is 5.92. The molecular weight excluding hydrogens is 330 g/mol. The maximum Gasteiger partial charge on any atom is 0.283 e. The van der Waals surface area contributed by atoms with E-state index in [2.05, 4.69) is 4.98 Å². The van der Waals surface area contributed by atoms with Gasteiger partial charge in [0, 0.05) is 6.20 Å². The third-order valence-corrected chi connectivity index (χ3v) is 4.88. The average Bonchev–Trinajstić information content (AvgIpc) is 2.84. The van der Waals surface area contributed by atoms with Crippen molar-refractivity contribution in [1.29, 1.82) is 0 Å². The van der Waals surface area contributed by atoms with Gasteiger partial charge in [0.15, 0.2) is 10.2 Å².